The first kappa shape index (κ1) is 16.2. The second kappa shape index (κ2) is 6.48. The van der Waals surface area contributed by atoms with E-state index in [2.05, 4.69) is 0 Å². The maximum atomic E-state index is 13.3. The third-order valence-corrected chi connectivity index (χ3v) is 4.51. The summed E-state index contributed by atoms with van der Waals surface area (Å²) in [4.78, 5) is 12.8. The van der Waals surface area contributed by atoms with Gasteiger partial charge in [-0.3, -0.25) is 4.79 Å². The van der Waals surface area contributed by atoms with Crippen molar-refractivity contribution in [3.63, 3.8) is 0 Å². The Bertz CT molecular complexity index is 911. The minimum absolute atomic E-state index is 0.0654. The number of fused-ring (bicyclic) bond motifs is 1. The van der Waals surface area contributed by atoms with E-state index in [-0.39, 0.29) is 11.6 Å². The van der Waals surface area contributed by atoms with Gasteiger partial charge in [-0.15, -0.1) is 0 Å². The molecule has 0 aliphatic rings. The number of hydrogen-bond acceptors (Lipinski definition) is 2. The molecule has 0 bridgehead atoms. The molecule has 0 radical (unpaired) electrons. The molecule has 0 atom stereocenters. The number of benzene rings is 2. The molecule has 3 aromatic rings. The minimum atomic E-state index is -0.272. The highest BCUT2D eigenvalue weighted by Crippen LogP contribution is 2.29. The van der Waals surface area contributed by atoms with Gasteiger partial charge in [0, 0.05) is 35.6 Å². The van der Waals surface area contributed by atoms with Crippen LogP contribution in [0.4, 0.5) is 4.39 Å². The molecule has 0 aliphatic heterocycles. The number of rotatable bonds is 5. The lowest BCUT2D eigenvalue weighted by Crippen LogP contribution is -2.04. The van der Waals surface area contributed by atoms with Gasteiger partial charge >= 0.3 is 0 Å². The Labute approximate surface area is 140 Å². The lowest BCUT2D eigenvalue weighted by Gasteiger charge is -2.04. The van der Waals surface area contributed by atoms with Crippen LogP contribution in [0.15, 0.2) is 42.5 Å². The first-order chi connectivity index (χ1) is 11.5. The molecule has 0 N–H and O–H groups in total. The molecule has 1 aromatic heterocycles. The van der Waals surface area contributed by atoms with E-state index in [4.69, 9.17) is 4.74 Å². The highest BCUT2D eigenvalue weighted by atomic mass is 19.1. The van der Waals surface area contributed by atoms with E-state index < -0.39 is 0 Å². The molecule has 124 valence electrons. The van der Waals surface area contributed by atoms with Crippen molar-refractivity contribution in [1.29, 1.82) is 0 Å². The SMILES string of the molecule is COc1ccc2c(c1)c(C(=O)CCc1cccc(F)c1)c(C)n2C. The molecule has 0 saturated carbocycles. The monoisotopic (exact) mass is 325 g/mol. The molecule has 0 amide bonds. The first-order valence-electron chi connectivity index (χ1n) is 7.92. The van der Waals surface area contributed by atoms with Crippen molar-refractivity contribution in [2.45, 2.75) is 19.8 Å². The van der Waals surface area contributed by atoms with Crippen molar-refractivity contribution in [3.05, 3.63) is 65.1 Å². The third-order valence-electron chi connectivity index (χ3n) is 4.51. The molecule has 3 rings (SSSR count). The van der Waals surface area contributed by atoms with Gasteiger partial charge in [0.2, 0.25) is 0 Å². The minimum Gasteiger partial charge on any atom is -0.497 e. The van der Waals surface area contributed by atoms with Crippen LogP contribution in [0.2, 0.25) is 0 Å². The summed E-state index contributed by atoms with van der Waals surface area (Å²) in [6.07, 6.45) is 0.872. The van der Waals surface area contributed by atoms with Gasteiger partial charge in [-0.25, -0.2) is 4.39 Å². The Morgan fingerprint density at radius 2 is 2.00 bits per heavy atom. The van der Waals surface area contributed by atoms with E-state index in [0.717, 1.165) is 33.5 Å². The van der Waals surface area contributed by atoms with Crippen molar-refractivity contribution in [1.82, 2.24) is 4.57 Å². The quantitative estimate of drug-likeness (QED) is 0.649. The fourth-order valence-corrected chi connectivity index (χ4v) is 3.11. The number of nitrogens with zero attached hydrogens (tertiary/aromatic N) is 1. The molecule has 0 aliphatic carbocycles. The van der Waals surface area contributed by atoms with Gasteiger partial charge < -0.3 is 9.30 Å². The maximum absolute atomic E-state index is 13.3. The zero-order valence-electron chi connectivity index (χ0n) is 14.1. The summed E-state index contributed by atoms with van der Waals surface area (Å²) in [5, 5.41) is 0.901. The largest absolute Gasteiger partial charge is 0.497 e. The molecule has 0 saturated heterocycles. The van der Waals surface area contributed by atoms with E-state index in [1.807, 2.05) is 42.8 Å². The smallest absolute Gasteiger partial charge is 0.165 e. The van der Waals surface area contributed by atoms with Crippen molar-refractivity contribution in [3.8, 4) is 5.75 Å². The molecule has 24 heavy (non-hydrogen) atoms. The summed E-state index contributed by atoms with van der Waals surface area (Å²) in [5.41, 5.74) is 3.49. The normalized spacial score (nSPS) is 11.0. The van der Waals surface area contributed by atoms with E-state index in [9.17, 15) is 9.18 Å². The zero-order chi connectivity index (χ0) is 17.3. The van der Waals surface area contributed by atoms with Crippen molar-refractivity contribution in [2.75, 3.05) is 7.11 Å². The van der Waals surface area contributed by atoms with Gasteiger partial charge in [0.25, 0.3) is 0 Å². The number of halogens is 1. The van der Waals surface area contributed by atoms with Crippen molar-refractivity contribution < 1.29 is 13.9 Å². The fraction of sp³-hybridized carbons (Fsp3) is 0.250. The Morgan fingerprint density at radius 1 is 1.21 bits per heavy atom. The Morgan fingerprint density at radius 3 is 2.71 bits per heavy atom. The molecule has 1 heterocycles. The summed E-state index contributed by atoms with van der Waals surface area (Å²) in [5.74, 6) is 0.522. The molecular formula is C20H20FNO2. The van der Waals surface area contributed by atoms with Crippen molar-refractivity contribution >= 4 is 16.7 Å². The van der Waals surface area contributed by atoms with Crippen LogP contribution in [0.25, 0.3) is 10.9 Å². The molecule has 3 nitrogen and oxygen atoms in total. The van der Waals surface area contributed by atoms with Gasteiger partial charge in [0.15, 0.2) is 5.78 Å². The number of methoxy groups -OCH3 is 1. The first-order valence-corrected chi connectivity index (χ1v) is 7.92. The zero-order valence-corrected chi connectivity index (χ0v) is 14.1. The number of ketones is 1. The van der Waals surface area contributed by atoms with Crippen molar-refractivity contribution in [2.24, 2.45) is 7.05 Å². The summed E-state index contributed by atoms with van der Waals surface area (Å²) >= 11 is 0. The topological polar surface area (TPSA) is 31.2 Å². The van der Waals surface area contributed by atoms with E-state index >= 15 is 0 Å². The predicted octanol–water partition coefficient (Wildman–Crippen LogP) is 4.45. The van der Waals surface area contributed by atoms with Crippen LogP contribution in [0.1, 0.15) is 28.0 Å². The van der Waals surface area contributed by atoms with Gasteiger partial charge in [-0.2, -0.15) is 0 Å². The summed E-state index contributed by atoms with van der Waals surface area (Å²) < 4.78 is 20.6. The predicted molar refractivity (Wildman–Crippen MR) is 93.3 cm³/mol. The highest BCUT2D eigenvalue weighted by Gasteiger charge is 2.19. The molecule has 4 heteroatoms. The average molecular weight is 325 g/mol. The standard InChI is InChI=1S/C20H20FNO2/c1-13-20(17-12-16(24-3)8-9-18(17)22(13)2)19(23)10-7-14-5-4-6-15(21)11-14/h4-6,8-9,11-12H,7,10H2,1-3H3. The molecule has 0 fully saturated rings. The van der Waals surface area contributed by atoms with Gasteiger partial charge in [-0.1, -0.05) is 12.1 Å². The van der Waals surface area contributed by atoms with Crippen LogP contribution in [0.5, 0.6) is 5.75 Å². The lowest BCUT2D eigenvalue weighted by atomic mass is 10.0. The Kier molecular flexibility index (Phi) is 4.38. The van der Waals surface area contributed by atoms with Crippen LogP contribution in [-0.4, -0.2) is 17.5 Å². The fourth-order valence-electron chi connectivity index (χ4n) is 3.11. The molecular weight excluding hydrogens is 305 g/mol. The maximum Gasteiger partial charge on any atom is 0.165 e. The molecule has 0 spiro atoms. The Hall–Kier alpha value is -2.62. The van der Waals surface area contributed by atoms with Gasteiger partial charge in [-0.05, 0) is 49.2 Å². The number of aryl methyl sites for hydroxylation is 2. The third kappa shape index (κ3) is 2.92. The van der Waals surface area contributed by atoms with Crippen LogP contribution >= 0.6 is 0 Å². The molecule has 2 aromatic carbocycles. The van der Waals surface area contributed by atoms with Crippen LogP contribution in [0, 0.1) is 12.7 Å². The second-order valence-electron chi connectivity index (χ2n) is 5.96. The van der Waals surface area contributed by atoms with Crippen LogP contribution < -0.4 is 4.74 Å². The highest BCUT2D eigenvalue weighted by molar-refractivity contribution is 6.09. The van der Waals surface area contributed by atoms with Crippen LogP contribution in [0.3, 0.4) is 0 Å². The number of carbonyl (C=O) groups excluding carboxylic acids is 1. The lowest BCUT2D eigenvalue weighted by molar-refractivity contribution is 0.0983. The van der Waals surface area contributed by atoms with E-state index in [0.29, 0.717) is 12.8 Å². The van der Waals surface area contributed by atoms with E-state index in [1.54, 1.807) is 13.2 Å². The van der Waals surface area contributed by atoms with Crippen LogP contribution in [-0.2, 0) is 13.5 Å². The average Bonchev–Trinajstić information content (AvgIpc) is 2.83. The van der Waals surface area contributed by atoms with Gasteiger partial charge in [0.05, 0.1) is 7.11 Å². The number of Topliss-reactive ketones (excluding diaryl/α,β-unsaturated/α-hetero) is 1. The van der Waals surface area contributed by atoms with Gasteiger partial charge in [0.1, 0.15) is 11.6 Å². The number of carbonyl (C=O) groups is 1. The second-order valence-corrected chi connectivity index (χ2v) is 5.96. The van der Waals surface area contributed by atoms with E-state index in [1.165, 1.54) is 12.1 Å². The number of hydrogen-bond donors (Lipinski definition) is 0. The molecule has 0 unspecified atom stereocenters. The summed E-state index contributed by atoms with van der Waals surface area (Å²) in [7, 11) is 3.57. The summed E-state index contributed by atoms with van der Waals surface area (Å²) in [6.45, 7) is 1.95. The summed E-state index contributed by atoms with van der Waals surface area (Å²) in [6, 6.07) is 12.2. The number of aromatic nitrogens is 1. The number of ether oxygens (including phenoxy) is 1. The Balaban J connectivity index is 1.93.